The Bertz CT molecular complexity index is 378. The second-order valence-electron chi connectivity index (χ2n) is 6.88. The van der Waals surface area contributed by atoms with Gasteiger partial charge in [-0.25, -0.2) is 4.79 Å². The van der Waals surface area contributed by atoms with Crippen molar-refractivity contribution in [2.75, 3.05) is 6.54 Å². The molecule has 1 aliphatic carbocycles. The fourth-order valence-corrected chi connectivity index (χ4v) is 3.82. The van der Waals surface area contributed by atoms with Crippen molar-refractivity contribution in [3.8, 4) is 0 Å². The number of nitrogens with zero attached hydrogens (tertiary/aromatic N) is 1. The average Bonchev–Trinajstić information content (AvgIpc) is 2.72. The number of rotatable bonds is 2. The van der Waals surface area contributed by atoms with E-state index in [1.807, 2.05) is 13.8 Å². The first-order valence-electron chi connectivity index (χ1n) is 7.38. The fraction of sp³-hybridized carbons (Fsp3) is 0.867. The van der Waals surface area contributed by atoms with Crippen LogP contribution in [0.4, 0.5) is 0 Å². The molecule has 1 amide bonds. The summed E-state index contributed by atoms with van der Waals surface area (Å²) in [5.41, 5.74) is -0.332. The van der Waals surface area contributed by atoms with Crippen molar-refractivity contribution in [2.45, 2.75) is 58.9 Å². The molecule has 0 radical (unpaired) electrons. The molecule has 1 N–H and O–H groups in total. The van der Waals surface area contributed by atoms with E-state index in [9.17, 15) is 14.7 Å². The number of carboxylic acid groups (broad SMARTS) is 1. The van der Waals surface area contributed by atoms with Crippen LogP contribution < -0.4 is 0 Å². The molecule has 0 spiro atoms. The molecule has 2 fully saturated rings. The zero-order valence-corrected chi connectivity index (χ0v) is 12.2. The van der Waals surface area contributed by atoms with E-state index in [-0.39, 0.29) is 17.2 Å². The van der Waals surface area contributed by atoms with Crippen molar-refractivity contribution in [1.82, 2.24) is 4.90 Å². The first-order chi connectivity index (χ1) is 8.84. The van der Waals surface area contributed by atoms with Crippen molar-refractivity contribution >= 4 is 11.9 Å². The van der Waals surface area contributed by atoms with Gasteiger partial charge in [-0.3, -0.25) is 4.79 Å². The predicted molar refractivity (Wildman–Crippen MR) is 72.7 cm³/mol. The number of hydrogen-bond donors (Lipinski definition) is 1. The summed E-state index contributed by atoms with van der Waals surface area (Å²) in [7, 11) is 0. The molecule has 1 heterocycles. The Balaban J connectivity index is 2.21. The molecule has 3 unspecified atom stereocenters. The molecule has 0 aromatic rings. The minimum Gasteiger partial charge on any atom is -0.480 e. The van der Waals surface area contributed by atoms with E-state index in [1.165, 1.54) is 0 Å². The van der Waals surface area contributed by atoms with Crippen molar-refractivity contribution in [3.05, 3.63) is 0 Å². The van der Waals surface area contributed by atoms with E-state index in [0.29, 0.717) is 12.5 Å². The fourth-order valence-electron chi connectivity index (χ4n) is 3.82. The third-order valence-corrected chi connectivity index (χ3v) is 4.97. The SMILES string of the molecule is CC1CCCC1C(=O)N1CCCC(C)(C)C1C(=O)O. The van der Waals surface area contributed by atoms with Gasteiger partial charge in [-0.05, 0) is 37.0 Å². The van der Waals surface area contributed by atoms with E-state index in [2.05, 4.69) is 6.92 Å². The van der Waals surface area contributed by atoms with Crippen LogP contribution in [0.2, 0.25) is 0 Å². The molecule has 0 aromatic heterocycles. The molecule has 1 aliphatic heterocycles. The summed E-state index contributed by atoms with van der Waals surface area (Å²) in [4.78, 5) is 25.9. The Morgan fingerprint density at radius 2 is 1.89 bits per heavy atom. The molecule has 4 heteroatoms. The van der Waals surface area contributed by atoms with Crippen LogP contribution in [-0.2, 0) is 9.59 Å². The van der Waals surface area contributed by atoms with Crippen molar-refractivity contribution < 1.29 is 14.7 Å². The second-order valence-corrected chi connectivity index (χ2v) is 6.88. The zero-order valence-electron chi connectivity index (χ0n) is 12.2. The third kappa shape index (κ3) is 2.63. The van der Waals surface area contributed by atoms with Gasteiger partial charge in [0, 0.05) is 12.5 Å². The maximum Gasteiger partial charge on any atom is 0.326 e. The van der Waals surface area contributed by atoms with Gasteiger partial charge in [-0.1, -0.05) is 27.2 Å². The molecule has 4 nitrogen and oxygen atoms in total. The van der Waals surface area contributed by atoms with Crippen LogP contribution >= 0.6 is 0 Å². The van der Waals surface area contributed by atoms with Gasteiger partial charge in [0.05, 0.1) is 0 Å². The summed E-state index contributed by atoms with van der Waals surface area (Å²) >= 11 is 0. The molecule has 19 heavy (non-hydrogen) atoms. The van der Waals surface area contributed by atoms with Gasteiger partial charge in [0.2, 0.25) is 5.91 Å². The number of hydrogen-bond acceptors (Lipinski definition) is 2. The third-order valence-electron chi connectivity index (χ3n) is 4.97. The number of piperidine rings is 1. The van der Waals surface area contributed by atoms with Crippen LogP contribution in [0.5, 0.6) is 0 Å². The molecule has 1 saturated carbocycles. The van der Waals surface area contributed by atoms with Gasteiger partial charge < -0.3 is 10.0 Å². The summed E-state index contributed by atoms with van der Waals surface area (Å²) in [6, 6.07) is -0.665. The minimum absolute atomic E-state index is 0.0377. The van der Waals surface area contributed by atoms with Gasteiger partial charge in [0.15, 0.2) is 0 Å². The van der Waals surface area contributed by atoms with Crippen molar-refractivity contribution in [1.29, 1.82) is 0 Å². The summed E-state index contributed by atoms with van der Waals surface area (Å²) < 4.78 is 0. The van der Waals surface area contributed by atoms with Crippen LogP contribution in [-0.4, -0.2) is 34.5 Å². The monoisotopic (exact) mass is 267 g/mol. The van der Waals surface area contributed by atoms with Gasteiger partial charge in [0.1, 0.15) is 6.04 Å². The minimum atomic E-state index is -0.858. The maximum atomic E-state index is 12.7. The summed E-state index contributed by atoms with van der Waals surface area (Å²) in [6.07, 6.45) is 4.87. The highest BCUT2D eigenvalue weighted by atomic mass is 16.4. The van der Waals surface area contributed by atoms with E-state index in [1.54, 1.807) is 4.90 Å². The topological polar surface area (TPSA) is 57.6 Å². The van der Waals surface area contributed by atoms with Gasteiger partial charge >= 0.3 is 5.97 Å². The van der Waals surface area contributed by atoms with Crippen molar-refractivity contribution in [3.63, 3.8) is 0 Å². The van der Waals surface area contributed by atoms with Crippen LogP contribution in [0, 0.1) is 17.3 Å². The lowest BCUT2D eigenvalue weighted by Gasteiger charge is -2.45. The zero-order chi connectivity index (χ0) is 14.2. The predicted octanol–water partition coefficient (Wildman–Crippen LogP) is 2.52. The highest BCUT2D eigenvalue weighted by Gasteiger charge is 2.46. The number of carbonyl (C=O) groups is 2. The summed E-state index contributed by atoms with van der Waals surface area (Å²) in [6.45, 7) is 6.63. The highest BCUT2D eigenvalue weighted by Crippen LogP contribution is 2.39. The standard InChI is InChI=1S/C15H25NO3/c1-10-6-4-7-11(10)13(17)16-9-5-8-15(2,3)12(16)14(18)19/h10-12H,4-9H2,1-3H3,(H,18,19). The smallest absolute Gasteiger partial charge is 0.326 e. The van der Waals surface area contributed by atoms with E-state index < -0.39 is 12.0 Å². The Hall–Kier alpha value is -1.06. The Morgan fingerprint density at radius 3 is 2.42 bits per heavy atom. The van der Waals surface area contributed by atoms with Crippen LogP contribution in [0.3, 0.4) is 0 Å². The Labute approximate surface area is 115 Å². The van der Waals surface area contributed by atoms with Crippen LogP contribution in [0.15, 0.2) is 0 Å². The average molecular weight is 267 g/mol. The largest absolute Gasteiger partial charge is 0.480 e. The molecule has 0 aromatic carbocycles. The number of carbonyl (C=O) groups excluding carboxylic acids is 1. The number of aliphatic carboxylic acids is 1. The summed E-state index contributed by atoms with van der Waals surface area (Å²) in [5.74, 6) is -0.350. The van der Waals surface area contributed by atoms with Gasteiger partial charge in [-0.2, -0.15) is 0 Å². The Kier molecular flexibility index (Phi) is 3.88. The highest BCUT2D eigenvalue weighted by molar-refractivity contribution is 5.86. The molecule has 3 atom stereocenters. The molecular formula is C15H25NO3. The molecule has 2 rings (SSSR count). The lowest BCUT2D eigenvalue weighted by atomic mass is 9.75. The number of likely N-dealkylation sites (tertiary alicyclic amines) is 1. The van der Waals surface area contributed by atoms with E-state index in [4.69, 9.17) is 0 Å². The Morgan fingerprint density at radius 1 is 1.21 bits per heavy atom. The molecule has 0 bridgehead atoms. The number of amides is 1. The van der Waals surface area contributed by atoms with Crippen LogP contribution in [0.1, 0.15) is 52.9 Å². The second kappa shape index (κ2) is 5.14. The number of carboxylic acids is 1. The van der Waals surface area contributed by atoms with Crippen molar-refractivity contribution in [2.24, 2.45) is 17.3 Å². The van der Waals surface area contributed by atoms with E-state index in [0.717, 1.165) is 32.1 Å². The lowest BCUT2D eigenvalue weighted by Crippen LogP contribution is -2.57. The van der Waals surface area contributed by atoms with E-state index >= 15 is 0 Å². The maximum absolute atomic E-state index is 12.7. The molecule has 1 saturated heterocycles. The molecule has 2 aliphatic rings. The first kappa shape index (κ1) is 14.4. The molecule has 108 valence electrons. The summed E-state index contributed by atoms with van der Waals surface area (Å²) in [5, 5.41) is 9.51. The quantitative estimate of drug-likeness (QED) is 0.836. The normalized spacial score (nSPS) is 34.3. The van der Waals surface area contributed by atoms with Gasteiger partial charge in [-0.15, -0.1) is 0 Å². The van der Waals surface area contributed by atoms with Crippen LogP contribution in [0.25, 0.3) is 0 Å². The van der Waals surface area contributed by atoms with Gasteiger partial charge in [0.25, 0.3) is 0 Å². The first-order valence-corrected chi connectivity index (χ1v) is 7.38. The molecular weight excluding hydrogens is 242 g/mol. The lowest BCUT2D eigenvalue weighted by molar-refractivity contribution is -0.161.